The molecule has 0 unspecified atom stereocenters. The van der Waals surface area contributed by atoms with E-state index in [1.54, 1.807) is 12.3 Å². The van der Waals surface area contributed by atoms with Crippen molar-refractivity contribution in [2.75, 3.05) is 0 Å². The van der Waals surface area contributed by atoms with Crippen LogP contribution in [0, 0.1) is 18.3 Å². The number of aryl methyl sites for hydroxylation is 1. The lowest BCUT2D eigenvalue weighted by atomic mass is 10.1. The summed E-state index contributed by atoms with van der Waals surface area (Å²) in [6.07, 6.45) is 2.07. The molecule has 0 aliphatic heterocycles. The van der Waals surface area contributed by atoms with E-state index in [0.29, 0.717) is 11.6 Å². The van der Waals surface area contributed by atoms with E-state index < -0.39 is 0 Å². The van der Waals surface area contributed by atoms with Crippen LogP contribution in [0.3, 0.4) is 0 Å². The molecule has 2 nitrogen and oxygen atoms in total. The third-order valence-electron chi connectivity index (χ3n) is 1.45. The third-order valence-corrected chi connectivity index (χ3v) is 1.66. The Morgan fingerprint density at radius 3 is 3.09 bits per heavy atom. The fraction of sp³-hybridized carbons (Fsp3) is 0.250. The number of hydrogen-bond acceptors (Lipinski definition) is 2. The van der Waals surface area contributed by atoms with Gasteiger partial charge >= 0.3 is 0 Å². The first-order valence-electron chi connectivity index (χ1n) is 3.22. The number of aromatic nitrogens is 1. The summed E-state index contributed by atoms with van der Waals surface area (Å²) in [5.41, 5.74) is 1.96. The van der Waals surface area contributed by atoms with E-state index in [-0.39, 0.29) is 0 Å². The van der Waals surface area contributed by atoms with Crippen LogP contribution in [0.25, 0.3) is 0 Å². The molecule has 11 heavy (non-hydrogen) atoms. The highest BCUT2D eigenvalue weighted by molar-refractivity contribution is 6.29. The van der Waals surface area contributed by atoms with Crippen LogP contribution in [0.1, 0.15) is 11.1 Å². The molecular weight excluding hydrogens is 160 g/mol. The van der Waals surface area contributed by atoms with Crippen LogP contribution in [-0.4, -0.2) is 4.98 Å². The molecule has 0 aliphatic carbocycles. The van der Waals surface area contributed by atoms with Crippen molar-refractivity contribution >= 4 is 11.6 Å². The van der Waals surface area contributed by atoms with Crippen LogP contribution in [0.5, 0.6) is 0 Å². The molecule has 0 spiro atoms. The Morgan fingerprint density at radius 2 is 2.45 bits per heavy atom. The van der Waals surface area contributed by atoms with Gasteiger partial charge in [-0.05, 0) is 24.1 Å². The zero-order valence-corrected chi connectivity index (χ0v) is 6.89. The van der Waals surface area contributed by atoms with Crippen LogP contribution in [-0.2, 0) is 6.42 Å². The standard InChI is InChI=1S/C8H7ClN2/c1-6-5-11-8(9)4-7(6)2-3-10/h4-5H,2H2,1H3. The average Bonchev–Trinajstić information content (AvgIpc) is 1.98. The number of pyridine rings is 1. The molecule has 0 atom stereocenters. The van der Waals surface area contributed by atoms with Gasteiger partial charge in [0.15, 0.2) is 0 Å². The Kier molecular flexibility index (Phi) is 2.45. The summed E-state index contributed by atoms with van der Waals surface area (Å²) in [6, 6.07) is 3.79. The second-order valence-corrected chi connectivity index (χ2v) is 2.66. The van der Waals surface area contributed by atoms with Gasteiger partial charge in [-0.15, -0.1) is 0 Å². The van der Waals surface area contributed by atoms with E-state index in [2.05, 4.69) is 11.1 Å². The van der Waals surface area contributed by atoms with Crippen molar-refractivity contribution in [3.63, 3.8) is 0 Å². The number of nitriles is 1. The van der Waals surface area contributed by atoms with Crippen LogP contribution in [0.4, 0.5) is 0 Å². The first-order valence-corrected chi connectivity index (χ1v) is 3.60. The van der Waals surface area contributed by atoms with Gasteiger partial charge in [-0.3, -0.25) is 0 Å². The van der Waals surface area contributed by atoms with Crippen molar-refractivity contribution in [2.45, 2.75) is 13.3 Å². The largest absolute Gasteiger partial charge is 0.244 e. The van der Waals surface area contributed by atoms with Gasteiger partial charge < -0.3 is 0 Å². The lowest BCUT2D eigenvalue weighted by Crippen LogP contribution is -1.88. The summed E-state index contributed by atoms with van der Waals surface area (Å²) in [7, 11) is 0. The number of hydrogen-bond donors (Lipinski definition) is 0. The van der Waals surface area contributed by atoms with Crippen molar-refractivity contribution in [3.8, 4) is 6.07 Å². The van der Waals surface area contributed by atoms with E-state index in [1.165, 1.54) is 0 Å². The first-order chi connectivity index (χ1) is 5.24. The summed E-state index contributed by atoms with van der Waals surface area (Å²) >= 11 is 5.63. The molecule has 56 valence electrons. The minimum absolute atomic E-state index is 0.397. The molecule has 0 fully saturated rings. The first kappa shape index (κ1) is 8.03. The molecule has 0 aromatic carbocycles. The van der Waals surface area contributed by atoms with E-state index in [9.17, 15) is 0 Å². The quantitative estimate of drug-likeness (QED) is 0.600. The number of rotatable bonds is 1. The minimum Gasteiger partial charge on any atom is -0.244 e. The summed E-state index contributed by atoms with van der Waals surface area (Å²) in [6.45, 7) is 1.91. The topological polar surface area (TPSA) is 36.7 Å². The molecule has 0 saturated heterocycles. The molecule has 0 aliphatic rings. The molecular formula is C8H7ClN2. The zero-order chi connectivity index (χ0) is 8.27. The van der Waals surface area contributed by atoms with Crippen molar-refractivity contribution < 1.29 is 0 Å². The zero-order valence-electron chi connectivity index (χ0n) is 6.13. The highest BCUT2D eigenvalue weighted by atomic mass is 35.5. The maximum atomic E-state index is 8.42. The highest BCUT2D eigenvalue weighted by Crippen LogP contribution is 2.11. The monoisotopic (exact) mass is 166 g/mol. The predicted molar refractivity (Wildman–Crippen MR) is 43.3 cm³/mol. The van der Waals surface area contributed by atoms with Gasteiger partial charge in [0.2, 0.25) is 0 Å². The smallest absolute Gasteiger partial charge is 0.129 e. The second-order valence-electron chi connectivity index (χ2n) is 2.27. The van der Waals surface area contributed by atoms with Crippen LogP contribution >= 0.6 is 11.6 Å². The Labute approximate surface area is 70.4 Å². The Bertz CT molecular complexity index is 301. The van der Waals surface area contributed by atoms with Gasteiger partial charge in [0, 0.05) is 6.20 Å². The van der Waals surface area contributed by atoms with Gasteiger partial charge in [0.05, 0.1) is 12.5 Å². The normalized spacial score (nSPS) is 9.18. The molecule has 0 amide bonds. The van der Waals surface area contributed by atoms with Crippen molar-refractivity contribution in [1.29, 1.82) is 5.26 Å². The lowest BCUT2D eigenvalue weighted by Gasteiger charge is -1.99. The maximum absolute atomic E-state index is 8.42. The highest BCUT2D eigenvalue weighted by Gasteiger charge is 1.98. The average molecular weight is 167 g/mol. The minimum atomic E-state index is 0.397. The van der Waals surface area contributed by atoms with Gasteiger partial charge in [-0.2, -0.15) is 5.26 Å². The van der Waals surface area contributed by atoms with Gasteiger partial charge in [0.1, 0.15) is 5.15 Å². The molecule has 0 radical (unpaired) electrons. The molecule has 0 saturated carbocycles. The fourth-order valence-corrected chi connectivity index (χ4v) is 0.992. The van der Waals surface area contributed by atoms with E-state index in [1.807, 2.05) is 6.92 Å². The summed E-state index contributed by atoms with van der Waals surface area (Å²) < 4.78 is 0. The summed E-state index contributed by atoms with van der Waals surface area (Å²) in [5, 5.41) is 8.87. The fourth-order valence-electron chi connectivity index (χ4n) is 0.812. The van der Waals surface area contributed by atoms with E-state index in [4.69, 9.17) is 16.9 Å². The van der Waals surface area contributed by atoms with Gasteiger partial charge in [-0.1, -0.05) is 11.6 Å². The molecule has 1 rings (SSSR count). The Hall–Kier alpha value is -1.07. The molecule has 1 aromatic rings. The molecule has 3 heteroatoms. The predicted octanol–water partition coefficient (Wildman–Crippen LogP) is 2.11. The SMILES string of the molecule is Cc1cnc(Cl)cc1CC#N. The number of nitrogens with zero attached hydrogens (tertiary/aromatic N) is 2. The second kappa shape index (κ2) is 3.36. The molecule has 1 aromatic heterocycles. The molecule has 1 heterocycles. The van der Waals surface area contributed by atoms with E-state index in [0.717, 1.165) is 11.1 Å². The Morgan fingerprint density at radius 1 is 1.73 bits per heavy atom. The van der Waals surface area contributed by atoms with Crippen LogP contribution < -0.4 is 0 Å². The summed E-state index contributed by atoms with van der Waals surface area (Å²) in [5.74, 6) is 0. The third kappa shape index (κ3) is 1.92. The molecule has 0 bridgehead atoms. The number of halogens is 1. The summed E-state index contributed by atoms with van der Waals surface area (Å²) in [4.78, 5) is 3.88. The van der Waals surface area contributed by atoms with Gasteiger partial charge in [0.25, 0.3) is 0 Å². The van der Waals surface area contributed by atoms with Crippen molar-refractivity contribution in [1.82, 2.24) is 4.98 Å². The van der Waals surface area contributed by atoms with E-state index >= 15 is 0 Å². The van der Waals surface area contributed by atoms with Gasteiger partial charge in [-0.25, -0.2) is 4.98 Å². The van der Waals surface area contributed by atoms with Crippen LogP contribution in [0.2, 0.25) is 5.15 Å². The Balaban J connectivity index is 3.05. The maximum Gasteiger partial charge on any atom is 0.129 e. The van der Waals surface area contributed by atoms with Crippen molar-refractivity contribution in [2.24, 2.45) is 0 Å². The van der Waals surface area contributed by atoms with Crippen molar-refractivity contribution in [3.05, 3.63) is 28.5 Å². The molecule has 0 N–H and O–H groups in total. The van der Waals surface area contributed by atoms with Crippen LogP contribution in [0.15, 0.2) is 12.3 Å². The lowest BCUT2D eigenvalue weighted by molar-refractivity contribution is 1.16.